The highest BCUT2D eigenvalue weighted by Crippen LogP contribution is 2.39. The Bertz CT molecular complexity index is 2850. The van der Waals surface area contributed by atoms with E-state index < -0.39 is 107 Å². The first kappa shape index (κ1) is 78.2. The van der Waals surface area contributed by atoms with Crippen molar-refractivity contribution in [2.24, 2.45) is 5.73 Å². The number of fused-ring (bicyclic) bond motifs is 5. The van der Waals surface area contributed by atoms with Gasteiger partial charge in [0.15, 0.2) is 0 Å². The SMILES string of the molecule is C=C(CBr)C(=O)OC(C)CCCCC(=O)NCC(=O)NC(CCCNC(N)=O)C(=O)Nc1ccc(C(=O)N(C)[C@@H](C)C(=O)O)cc1C(F)(F)F.CCC.CCl.COc1cc2cc(c1Cl)N(C)C(=O)CCC1OC1CC1C[C@](O)(C/C=C/C=C(\C)C2)NC(=O)O1. The number of aliphatic hydroxyl groups is 1. The number of methoxy groups -OCH3 is 1. The molecule has 3 aliphatic rings. The predicted octanol–water partition coefficient (Wildman–Crippen LogP) is 8.84. The molecular weight excluding hydrogens is 1280 g/mol. The van der Waals surface area contributed by atoms with Crippen molar-refractivity contribution in [3.05, 3.63) is 88.0 Å². The molecule has 0 saturated carbocycles. The maximum atomic E-state index is 14.0. The van der Waals surface area contributed by atoms with Crippen LogP contribution in [0, 0.1) is 0 Å². The Labute approximate surface area is 535 Å². The summed E-state index contributed by atoms with van der Waals surface area (Å²) >= 11 is 14.3. The van der Waals surface area contributed by atoms with E-state index in [-0.39, 0.29) is 67.7 Å². The van der Waals surface area contributed by atoms with Gasteiger partial charge in [0.1, 0.15) is 34.7 Å². The number of ether oxygens (including phenoxy) is 4. The number of nitrogens with zero attached hydrogens (tertiary/aromatic N) is 2. The number of aliphatic carboxylic acids is 1. The number of urea groups is 1. The molecule has 2 saturated heterocycles. The fraction of sp³-hybridized carbons (Fsp3) is 0.550. The van der Waals surface area contributed by atoms with E-state index in [9.17, 15) is 61.4 Å². The summed E-state index contributed by atoms with van der Waals surface area (Å²) in [6.07, 6.45) is 5.48. The van der Waals surface area contributed by atoms with Gasteiger partial charge in [-0.15, -0.1) is 11.6 Å². The maximum absolute atomic E-state index is 14.0. The number of rotatable bonds is 21. The molecule has 23 nitrogen and oxygen atoms in total. The van der Waals surface area contributed by atoms with Gasteiger partial charge in [-0.05, 0) is 102 Å². The van der Waals surface area contributed by atoms with E-state index >= 15 is 0 Å². The van der Waals surface area contributed by atoms with Crippen molar-refractivity contribution < 1.29 is 85.5 Å². The lowest BCUT2D eigenvalue weighted by atomic mass is 9.96. The number of carboxylic acids is 1. The number of nitrogens with two attached hydrogens (primary N) is 1. The number of benzene rings is 2. The molecule has 29 heteroatoms. The summed E-state index contributed by atoms with van der Waals surface area (Å²) in [5, 5.41) is 32.4. The van der Waals surface area contributed by atoms with Crippen molar-refractivity contribution in [3.63, 3.8) is 0 Å². The average molecular weight is 1370 g/mol. The molecule has 3 aliphatic heterocycles. The van der Waals surface area contributed by atoms with Gasteiger partial charge in [-0.3, -0.25) is 29.3 Å². The molecule has 0 aliphatic carbocycles. The molecule has 5 rings (SSSR count). The normalized spacial score (nSPS) is 19.9. The molecule has 89 heavy (non-hydrogen) atoms. The van der Waals surface area contributed by atoms with E-state index in [1.807, 2.05) is 37.3 Å². The molecule has 0 aromatic heterocycles. The molecule has 0 spiro atoms. The van der Waals surface area contributed by atoms with Crippen LogP contribution < -0.4 is 42.0 Å². The topological polar surface area (TPSA) is 327 Å². The molecule has 2 fully saturated rings. The summed E-state index contributed by atoms with van der Waals surface area (Å²) < 4.78 is 63.9. The van der Waals surface area contributed by atoms with Crippen molar-refractivity contribution in [1.29, 1.82) is 0 Å². The molecule has 9 N–H and O–H groups in total. The van der Waals surface area contributed by atoms with E-state index in [2.05, 4.69) is 74.5 Å². The van der Waals surface area contributed by atoms with Crippen LogP contribution in [-0.4, -0.2) is 157 Å². The number of unbranched alkanes of at least 4 members (excludes halogenated alkanes) is 1. The number of carbonyl (C=O) groups excluding carboxylic acids is 8. The summed E-state index contributed by atoms with van der Waals surface area (Å²) in [7, 11) is 4.37. The minimum atomic E-state index is -5.06. The lowest BCUT2D eigenvalue weighted by molar-refractivity contribution is -0.144. The second-order valence-electron chi connectivity index (χ2n) is 21.2. The molecule has 0 radical (unpaired) electrons. The van der Waals surface area contributed by atoms with Crippen LogP contribution in [0.25, 0.3) is 0 Å². The maximum Gasteiger partial charge on any atom is 0.418 e. The number of amides is 8. The van der Waals surface area contributed by atoms with Gasteiger partial charge in [-0.2, -0.15) is 13.2 Å². The molecule has 2 aromatic carbocycles. The quantitative estimate of drug-likeness (QED) is 0.0190. The minimum Gasteiger partial charge on any atom is -0.495 e. The number of epoxide rings is 1. The van der Waals surface area contributed by atoms with Gasteiger partial charge in [0.05, 0.1) is 48.9 Å². The van der Waals surface area contributed by atoms with E-state index in [0.29, 0.717) is 67.5 Å². The number of hydrogen-bond donors (Lipinski definition) is 8. The molecular formula is C60H84BrCl2F3N8O15. The van der Waals surface area contributed by atoms with E-state index in [1.54, 1.807) is 26.0 Å². The number of carboxylic acid groups (broad SMARTS) is 1. The van der Waals surface area contributed by atoms with Crippen molar-refractivity contribution in [1.82, 2.24) is 26.2 Å². The average Bonchev–Trinajstić information content (AvgIpc) is 1.92. The minimum absolute atomic E-state index is 0.0261. The monoisotopic (exact) mass is 1360 g/mol. The van der Waals surface area contributed by atoms with Crippen LogP contribution in [0.5, 0.6) is 5.75 Å². The van der Waals surface area contributed by atoms with E-state index in [1.165, 1.54) is 19.7 Å². The molecule has 5 unspecified atom stereocenters. The highest BCUT2D eigenvalue weighted by atomic mass is 79.9. The zero-order chi connectivity index (χ0) is 67.3. The van der Waals surface area contributed by atoms with Gasteiger partial charge < -0.3 is 66.0 Å². The first-order chi connectivity index (χ1) is 41.9. The summed E-state index contributed by atoms with van der Waals surface area (Å²) in [5.74, 6) is -4.87. The van der Waals surface area contributed by atoms with Crippen LogP contribution in [-0.2, 0) is 55.6 Å². The largest absolute Gasteiger partial charge is 0.495 e. The highest BCUT2D eigenvalue weighted by Gasteiger charge is 2.46. The van der Waals surface area contributed by atoms with E-state index in [0.717, 1.165) is 35.2 Å². The fourth-order valence-electron chi connectivity index (χ4n) is 8.76. The predicted molar refractivity (Wildman–Crippen MR) is 334 cm³/mol. The van der Waals surface area contributed by atoms with Crippen LogP contribution in [0.3, 0.4) is 0 Å². The number of nitrogens with one attached hydrogen (secondary N) is 5. The Morgan fingerprint density at radius 3 is 2.31 bits per heavy atom. The molecule has 2 aromatic rings. The van der Waals surface area contributed by atoms with Crippen LogP contribution in [0.2, 0.25) is 5.02 Å². The number of allylic oxidation sites excluding steroid dienone is 3. The Morgan fingerprint density at radius 2 is 1.70 bits per heavy atom. The Morgan fingerprint density at radius 1 is 1.02 bits per heavy atom. The highest BCUT2D eigenvalue weighted by molar-refractivity contribution is 9.09. The second-order valence-corrected chi connectivity index (χ2v) is 22.1. The third-order valence-electron chi connectivity index (χ3n) is 13.7. The van der Waals surface area contributed by atoms with Crippen LogP contribution in [0.1, 0.15) is 133 Å². The van der Waals surface area contributed by atoms with Crippen LogP contribution in [0.4, 0.5) is 34.1 Å². The van der Waals surface area contributed by atoms with Gasteiger partial charge in [0.2, 0.25) is 23.6 Å². The van der Waals surface area contributed by atoms with Crippen molar-refractivity contribution >= 4 is 104 Å². The molecule has 7 atom stereocenters. The molecule has 4 bridgehead atoms. The van der Waals surface area contributed by atoms with Crippen LogP contribution >= 0.6 is 39.1 Å². The number of esters is 1. The fourth-order valence-corrected chi connectivity index (χ4v) is 9.31. The van der Waals surface area contributed by atoms with Crippen molar-refractivity contribution in [2.45, 2.75) is 166 Å². The number of alkyl halides is 5. The smallest absolute Gasteiger partial charge is 0.418 e. The molecule has 496 valence electrons. The zero-order valence-corrected chi connectivity index (χ0v) is 54.6. The number of halogens is 6. The lowest BCUT2D eigenvalue weighted by Crippen LogP contribution is -2.56. The number of anilines is 2. The number of likely N-dealkylation sites (N-methyl/N-ethyl adjacent to an activating group) is 1. The van der Waals surface area contributed by atoms with Gasteiger partial charge in [-0.25, -0.2) is 19.2 Å². The first-order valence-corrected chi connectivity index (χ1v) is 30.9. The number of hydrogen-bond acceptors (Lipinski definition) is 14. The summed E-state index contributed by atoms with van der Waals surface area (Å²) in [6, 6.07) is 2.43. The summed E-state index contributed by atoms with van der Waals surface area (Å²) in [6.45, 7) is 12.1. The third-order valence-corrected chi connectivity index (χ3v) is 14.7. The Kier molecular flexibility index (Phi) is 33.9. The van der Waals surface area contributed by atoms with Crippen LogP contribution in [0.15, 0.2) is 66.3 Å². The van der Waals surface area contributed by atoms with Gasteiger partial charge in [0.25, 0.3) is 5.91 Å². The summed E-state index contributed by atoms with van der Waals surface area (Å²) in [5.41, 5.74) is 3.91. The van der Waals surface area contributed by atoms with Crippen molar-refractivity contribution in [2.75, 3.05) is 56.2 Å². The Hall–Kier alpha value is -6.94. The Balaban J connectivity index is 0.000000597. The number of primary amides is 1. The van der Waals surface area contributed by atoms with Gasteiger partial charge in [0, 0.05) is 75.6 Å². The van der Waals surface area contributed by atoms with Gasteiger partial charge >= 0.3 is 30.2 Å². The number of carbonyl (C=O) groups is 9. The standard InChI is InChI=1S/C31H42BrF3N6O9.C25H31ClN2O6.C3H8.CH3Cl/c1-17(15-32)29(48)50-18(2)8-5-6-10-24(42)38-16-25(43)39-23(9-7-13-37-30(36)49)26(44)40-22-12-11-20(14-21(22)31(33,34)35)27(45)41(4)19(3)28(46)47;1-15-6-4-5-9-25(31)14-17(33-24(30)27-25)13-20-19(34-20)7-8-22(29)28(2)18-11-16(10-15)12-21(32-3)23(18)26;1-3-2;1-2/h11-12,14,18-19,23H,1,5-10,13,15-16H2,2-4H3,(H,38,42)(H,39,43)(H,40,44)(H,46,47)(H3,36,37,49);4-6,11-12,17,19-20,31H,7-10,13-14H2,1-3H3,(H,27,30);3H2,1-2H3;1H3/b;5-4+,15-6+;;/t18?,19-,23?;17?,19?,20?,25-;;/m01../s1. The second kappa shape index (κ2) is 38.6. The third kappa shape index (κ3) is 27.4. The van der Waals surface area contributed by atoms with Crippen molar-refractivity contribution in [3.8, 4) is 5.75 Å². The first-order valence-electron chi connectivity index (χ1n) is 28.6. The van der Waals surface area contributed by atoms with Gasteiger partial charge in [-0.1, -0.05) is 78.2 Å². The summed E-state index contributed by atoms with van der Waals surface area (Å²) in [4.78, 5) is 112. The number of alkyl carbamates (subject to hydrolysis) is 1. The zero-order valence-electron chi connectivity index (χ0n) is 51.5. The molecule has 3 heterocycles. The lowest BCUT2D eigenvalue weighted by Gasteiger charge is -2.36. The molecule has 8 amide bonds. The van der Waals surface area contributed by atoms with E-state index in [4.69, 9.17) is 41.4 Å².